The van der Waals surface area contributed by atoms with Crippen LogP contribution in [0, 0.1) is 5.41 Å². The Hall–Kier alpha value is -2.12. The van der Waals surface area contributed by atoms with Crippen LogP contribution in [0.2, 0.25) is 0 Å². The van der Waals surface area contributed by atoms with Crippen molar-refractivity contribution in [2.45, 2.75) is 78.2 Å². The van der Waals surface area contributed by atoms with Crippen LogP contribution in [0.15, 0.2) is 27.6 Å². The van der Waals surface area contributed by atoms with Crippen molar-refractivity contribution in [1.82, 2.24) is 9.13 Å². The zero-order valence-corrected chi connectivity index (χ0v) is 18.2. The Morgan fingerprint density at radius 3 is 2.79 bits per heavy atom. The first-order valence-corrected chi connectivity index (χ1v) is 11.2. The number of rotatable bonds is 7. The number of nitrogens with zero attached hydrogens (tertiary/aromatic N) is 2. The van der Waals surface area contributed by atoms with Crippen LogP contribution in [-0.2, 0) is 30.9 Å². The van der Waals surface area contributed by atoms with Gasteiger partial charge in [0.05, 0.1) is 30.4 Å². The Morgan fingerprint density at radius 2 is 2.07 bits per heavy atom. The van der Waals surface area contributed by atoms with Crippen molar-refractivity contribution in [3.05, 3.63) is 50.6 Å². The van der Waals surface area contributed by atoms with Crippen LogP contribution in [0.3, 0.4) is 0 Å². The summed E-state index contributed by atoms with van der Waals surface area (Å²) in [6, 6.07) is 3.66. The first-order valence-electron chi connectivity index (χ1n) is 10.4. The van der Waals surface area contributed by atoms with Gasteiger partial charge in [0.15, 0.2) is 0 Å². The average molecular weight is 416 g/mol. The molecule has 1 aliphatic heterocycles. The summed E-state index contributed by atoms with van der Waals surface area (Å²) in [5.74, 6) is 0.685. The van der Waals surface area contributed by atoms with Crippen LogP contribution in [0.4, 0.5) is 0 Å². The molecular formula is C22H29N3O3S. The molecule has 0 aromatic carbocycles. The van der Waals surface area contributed by atoms with Gasteiger partial charge in [-0.25, -0.2) is 4.79 Å². The van der Waals surface area contributed by atoms with E-state index in [9.17, 15) is 4.79 Å². The fraction of sp³-hybridized carbons (Fsp3) is 0.545. The van der Waals surface area contributed by atoms with E-state index in [0.29, 0.717) is 18.9 Å². The summed E-state index contributed by atoms with van der Waals surface area (Å²) in [5.41, 5.74) is 1.05. The summed E-state index contributed by atoms with van der Waals surface area (Å²) >= 11 is 1.62. The Morgan fingerprint density at radius 1 is 1.24 bits per heavy atom. The monoisotopic (exact) mass is 415 g/mol. The first-order chi connectivity index (χ1) is 13.9. The average Bonchev–Trinajstić information content (AvgIpc) is 3.31. The fourth-order valence-electron chi connectivity index (χ4n) is 4.04. The number of ether oxygens (including phenoxy) is 1. The van der Waals surface area contributed by atoms with Crippen molar-refractivity contribution >= 4 is 21.6 Å². The number of hydrogen-bond acceptors (Lipinski definition) is 5. The number of furan rings is 1. The Kier molecular flexibility index (Phi) is 5.53. The second-order valence-corrected chi connectivity index (χ2v) is 9.50. The molecule has 1 N–H and O–H groups in total. The normalized spacial score (nSPS) is 15.7. The van der Waals surface area contributed by atoms with Gasteiger partial charge in [-0.2, -0.15) is 0 Å². The van der Waals surface area contributed by atoms with Crippen molar-refractivity contribution < 1.29 is 9.15 Å². The van der Waals surface area contributed by atoms with Crippen molar-refractivity contribution in [3.63, 3.8) is 0 Å². The Bertz CT molecular complexity index is 1120. The zero-order valence-electron chi connectivity index (χ0n) is 17.4. The lowest BCUT2D eigenvalue weighted by Crippen LogP contribution is -2.40. The van der Waals surface area contributed by atoms with Gasteiger partial charge in [0, 0.05) is 17.8 Å². The molecular weight excluding hydrogens is 386 g/mol. The first kappa shape index (κ1) is 20.2. The maximum absolute atomic E-state index is 13.4. The van der Waals surface area contributed by atoms with Gasteiger partial charge in [0.1, 0.15) is 16.1 Å². The van der Waals surface area contributed by atoms with Gasteiger partial charge in [-0.15, -0.1) is 11.3 Å². The highest BCUT2D eigenvalue weighted by molar-refractivity contribution is 7.18. The molecule has 156 valence electrons. The van der Waals surface area contributed by atoms with Crippen LogP contribution in [0.25, 0.3) is 10.2 Å². The molecule has 0 unspecified atom stereocenters. The number of nitrogens with one attached hydrogen (secondary N) is 1. The maximum atomic E-state index is 13.4. The topological polar surface area (TPSA) is 73.2 Å². The second kappa shape index (κ2) is 7.95. The molecule has 3 aromatic rings. The molecule has 0 bridgehead atoms. The quantitative estimate of drug-likeness (QED) is 0.581. The minimum Gasteiger partial charge on any atom is -0.467 e. The van der Waals surface area contributed by atoms with Crippen molar-refractivity contribution in [2.75, 3.05) is 0 Å². The summed E-state index contributed by atoms with van der Waals surface area (Å²) in [7, 11) is 0. The van der Waals surface area contributed by atoms with E-state index in [0.717, 1.165) is 40.8 Å². The summed E-state index contributed by atoms with van der Waals surface area (Å²) in [4.78, 5) is 15.4. The second-order valence-electron chi connectivity index (χ2n) is 8.42. The molecule has 0 saturated heterocycles. The number of aromatic nitrogens is 2. The number of hydrogen-bond donors (Lipinski definition) is 1. The molecule has 0 radical (unpaired) electrons. The summed E-state index contributed by atoms with van der Waals surface area (Å²) in [5, 5.41) is 9.79. The summed E-state index contributed by atoms with van der Waals surface area (Å²) in [6.45, 7) is 7.86. The third-order valence-electron chi connectivity index (χ3n) is 5.61. The maximum Gasteiger partial charge on any atom is 0.331 e. The molecule has 0 atom stereocenters. The lowest BCUT2D eigenvalue weighted by molar-refractivity contribution is -0.0379. The third kappa shape index (κ3) is 3.85. The van der Waals surface area contributed by atoms with Crippen LogP contribution in [0.1, 0.15) is 62.7 Å². The van der Waals surface area contributed by atoms with Gasteiger partial charge in [-0.3, -0.25) is 14.5 Å². The number of fused-ring (bicyclic) bond motifs is 3. The van der Waals surface area contributed by atoms with Gasteiger partial charge in [0.25, 0.3) is 0 Å². The highest BCUT2D eigenvalue weighted by atomic mass is 32.1. The van der Waals surface area contributed by atoms with E-state index in [-0.39, 0.29) is 23.3 Å². The smallest absolute Gasteiger partial charge is 0.331 e. The van der Waals surface area contributed by atoms with E-state index in [1.54, 1.807) is 22.2 Å². The van der Waals surface area contributed by atoms with Gasteiger partial charge in [-0.1, -0.05) is 26.2 Å². The Balaban J connectivity index is 1.88. The molecule has 0 fully saturated rings. The molecule has 0 aliphatic carbocycles. The number of aryl methyl sites for hydroxylation is 1. The molecule has 4 heterocycles. The van der Waals surface area contributed by atoms with Gasteiger partial charge in [0.2, 0.25) is 0 Å². The van der Waals surface area contributed by atoms with Crippen molar-refractivity contribution in [3.8, 4) is 0 Å². The number of unbranched alkanes of at least 4 members (excludes halogenated alkanes) is 3. The van der Waals surface area contributed by atoms with E-state index in [2.05, 4.69) is 20.8 Å². The predicted molar refractivity (Wildman–Crippen MR) is 114 cm³/mol. The van der Waals surface area contributed by atoms with E-state index in [1.807, 2.05) is 16.7 Å². The third-order valence-corrected chi connectivity index (χ3v) is 6.84. The van der Waals surface area contributed by atoms with Gasteiger partial charge < -0.3 is 9.15 Å². The molecule has 7 heteroatoms. The summed E-state index contributed by atoms with van der Waals surface area (Å²) < 4.78 is 14.9. The van der Waals surface area contributed by atoms with E-state index in [1.165, 1.54) is 12.0 Å². The highest BCUT2D eigenvalue weighted by Crippen LogP contribution is 2.37. The molecule has 6 nitrogen and oxygen atoms in total. The molecule has 29 heavy (non-hydrogen) atoms. The van der Waals surface area contributed by atoms with Crippen molar-refractivity contribution in [1.29, 1.82) is 5.41 Å². The molecule has 4 rings (SSSR count). The molecule has 0 saturated carbocycles. The minimum atomic E-state index is -0.263. The van der Waals surface area contributed by atoms with Crippen LogP contribution < -0.4 is 11.2 Å². The van der Waals surface area contributed by atoms with E-state index in [4.69, 9.17) is 14.6 Å². The van der Waals surface area contributed by atoms with Gasteiger partial charge >= 0.3 is 5.69 Å². The lowest BCUT2D eigenvalue weighted by atomic mass is 9.94. The predicted octanol–water partition coefficient (Wildman–Crippen LogP) is 4.42. The van der Waals surface area contributed by atoms with E-state index < -0.39 is 0 Å². The van der Waals surface area contributed by atoms with Crippen LogP contribution in [0.5, 0.6) is 0 Å². The largest absolute Gasteiger partial charge is 0.467 e. The SMILES string of the molecule is CCCCCCn1c(=O)n(Cc2ccco2)c(=N)c2c3c(sc21)COC(C)(C)C3. The molecule has 0 spiro atoms. The fourth-order valence-corrected chi connectivity index (χ4v) is 5.29. The molecule has 1 aliphatic rings. The van der Waals surface area contributed by atoms with E-state index >= 15 is 0 Å². The highest BCUT2D eigenvalue weighted by Gasteiger charge is 2.31. The van der Waals surface area contributed by atoms with Crippen molar-refractivity contribution in [2.24, 2.45) is 0 Å². The van der Waals surface area contributed by atoms with Crippen LogP contribution in [-0.4, -0.2) is 14.7 Å². The van der Waals surface area contributed by atoms with Crippen LogP contribution >= 0.6 is 11.3 Å². The molecule has 3 aromatic heterocycles. The number of thiophene rings is 1. The molecule has 0 amide bonds. The standard InChI is InChI=1S/C22H29N3O3S/c1-4-5-6-7-10-24-20-18(16-12-22(2,3)28-14-17(16)29-20)19(23)25(21(24)26)13-15-9-8-11-27-15/h8-9,11,23H,4-7,10,12-14H2,1-3H3. The lowest BCUT2D eigenvalue weighted by Gasteiger charge is -2.30. The minimum absolute atomic E-state index is 0.130. The Labute approximate surface area is 174 Å². The summed E-state index contributed by atoms with van der Waals surface area (Å²) in [6.07, 6.45) is 6.76. The van der Waals surface area contributed by atoms with Gasteiger partial charge in [-0.05, 0) is 38.0 Å². The zero-order chi connectivity index (χ0) is 20.6.